The Morgan fingerprint density at radius 1 is 0.486 bits per heavy atom. The Bertz CT molecular complexity index is 1620. The summed E-state index contributed by atoms with van der Waals surface area (Å²) in [7, 11) is 0. The van der Waals surface area contributed by atoms with Crippen LogP contribution in [0.3, 0.4) is 0 Å². The van der Waals surface area contributed by atoms with Gasteiger partial charge in [-0.05, 0) is 41.8 Å². The number of hydrogen-bond acceptors (Lipinski definition) is 4. The zero-order valence-corrected chi connectivity index (χ0v) is 17.6. The van der Waals surface area contributed by atoms with Gasteiger partial charge in [-0.3, -0.25) is 0 Å². The van der Waals surface area contributed by atoms with Crippen molar-refractivity contribution < 1.29 is 58.6 Å². The molecule has 4 aromatic carbocycles. The van der Waals surface area contributed by atoms with Gasteiger partial charge in [0.05, 0.1) is 16.5 Å². The number of rotatable bonds is 4. The second-order valence-electron chi connectivity index (χ2n) is 7.20. The minimum Gasteiger partial charge on any atom is -0.420 e. The van der Waals surface area contributed by atoms with Crippen LogP contribution in [0, 0.1) is 52.4 Å². The minimum atomic E-state index is -2.02. The summed E-state index contributed by atoms with van der Waals surface area (Å²) in [6, 6.07) is 3.92. The molecule has 0 saturated heterocycles. The molecule has 4 nitrogen and oxygen atoms in total. The Labute approximate surface area is 199 Å². The fourth-order valence-corrected chi connectivity index (χ4v) is 3.17. The second kappa shape index (κ2) is 9.48. The van der Waals surface area contributed by atoms with Crippen molar-refractivity contribution in [2.75, 3.05) is 0 Å². The molecular weight excluding hydrogens is 523 g/mol. The van der Waals surface area contributed by atoms with Gasteiger partial charge in [-0.1, -0.05) is 6.07 Å². The lowest BCUT2D eigenvalue weighted by molar-refractivity contribution is 0.0710. The highest BCUT2D eigenvalue weighted by Crippen LogP contribution is 2.35. The van der Waals surface area contributed by atoms with Crippen molar-refractivity contribution in [3.8, 4) is 11.5 Å². The standard InChI is InChI=1S/C24H7F9O4/c25-11-4-2-9(16(27)18(11)29)23(34)36-13-6-1-8-7-14(21(32)22(33)15(8)20(13)31)37-24(35)10-3-5-12(26)19(30)17(10)28/h1-7H. The fourth-order valence-electron chi connectivity index (χ4n) is 3.17. The second-order valence-corrected chi connectivity index (χ2v) is 7.20. The molecule has 0 aliphatic carbocycles. The van der Waals surface area contributed by atoms with Gasteiger partial charge in [0.25, 0.3) is 0 Å². The number of ether oxygens (including phenoxy) is 2. The molecule has 0 aliphatic rings. The van der Waals surface area contributed by atoms with Crippen molar-refractivity contribution in [2.45, 2.75) is 0 Å². The molecule has 0 aliphatic heterocycles. The van der Waals surface area contributed by atoms with Crippen LogP contribution in [0.1, 0.15) is 20.7 Å². The van der Waals surface area contributed by atoms with Crippen molar-refractivity contribution in [1.82, 2.24) is 0 Å². The van der Waals surface area contributed by atoms with E-state index in [0.29, 0.717) is 36.4 Å². The molecule has 0 unspecified atom stereocenters. The van der Waals surface area contributed by atoms with Gasteiger partial charge in [0.1, 0.15) is 0 Å². The first kappa shape index (κ1) is 25.5. The molecular formula is C24H7F9O4. The third kappa shape index (κ3) is 4.43. The summed E-state index contributed by atoms with van der Waals surface area (Å²) in [6.45, 7) is 0. The lowest BCUT2D eigenvalue weighted by atomic mass is 10.1. The summed E-state index contributed by atoms with van der Waals surface area (Å²) in [5.41, 5.74) is -2.28. The van der Waals surface area contributed by atoms with Crippen molar-refractivity contribution in [3.05, 3.63) is 106 Å². The molecule has 4 aromatic rings. The Hall–Kier alpha value is -4.55. The number of benzene rings is 4. The van der Waals surface area contributed by atoms with Crippen LogP contribution in [0.5, 0.6) is 11.5 Å². The van der Waals surface area contributed by atoms with Gasteiger partial charge in [0.2, 0.25) is 5.82 Å². The molecule has 0 amide bonds. The fraction of sp³-hybridized carbons (Fsp3) is 0. The van der Waals surface area contributed by atoms with E-state index < -0.39 is 97.7 Å². The van der Waals surface area contributed by atoms with Crippen LogP contribution in [-0.4, -0.2) is 11.9 Å². The van der Waals surface area contributed by atoms with E-state index in [-0.39, 0.29) is 0 Å². The van der Waals surface area contributed by atoms with Gasteiger partial charge in [-0.25, -0.2) is 44.7 Å². The zero-order chi connectivity index (χ0) is 27.2. The maximum Gasteiger partial charge on any atom is 0.346 e. The molecule has 0 aromatic heterocycles. The van der Waals surface area contributed by atoms with Crippen molar-refractivity contribution >= 4 is 22.7 Å². The lowest BCUT2D eigenvalue weighted by Gasteiger charge is -2.12. The average Bonchev–Trinajstić information content (AvgIpc) is 2.85. The first-order valence-corrected chi connectivity index (χ1v) is 9.73. The SMILES string of the molecule is O=C(Oc1cc2ccc(OC(=O)c3ccc(F)c(F)c3F)c(F)c2c(F)c1F)c1ccc(F)c(F)c1F. The predicted octanol–water partition coefficient (Wildman–Crippen LogP) is 6.53. The van der Waals surface area contributed by atoms with E-state index in [0.717, 1.165) is 6.07 Å². The summed E-state index contributed by atoms with van der Waals surface area (Å²) < 4.78 is 134. The Morgan fingerprint density at radius 2 is 0.973 bits per heavy atom. The number of hydrogen-bond donors (Lipinski definition) is 0. The maximum atomic E-state index is 14.9. The highest BCUT2D eigenvalue weighted by atomic mass is 19.2. The topological polar surface area (TPSA) is 52.6 Å². The number of fused-ring (bicyclic) bond motifs is 1. The van der Waals surface area contributed by atoms with E-state index in [9.17, 15) is 49.1 Å². The number of carbonyl (C=O) groups excluding carboxylic acids is 2. The van der Waals surface area contributed by atoms with Crippen LogP contribution in [0.2, 0.25) is 0 Å². The van der Waals surface area contributed by atoms with E-state index in [1.54, 1.807) is 0 Å². The van der Waals surface area contributed by atoms with Gasteiger partial charge in [-0.2, -0.15) is 4.39 Å². The summed E-state index contributed by atoms with van der Waals surface area (Å²) in [6.07, 6.45) is 0. The van der Waals surface area contributed by atoms with Crippen molar-refractivity contribution in [2.24, 2.45) is 0 Å². The third-order valence-electron chi connectivity index (χ3n) is 4.97. The maximum absolute atomic E-state index is 14.9. The normalized spacial score (nSPS) is 11.1. The monoisotopic (exact) mass is 530 g/mol. The molecule has 4 rings (SSSR count). The number of halogens is 9. The van der Waals surface area contributed by atoms with E-state index >= 15 is 0 Å². The van der Waals surface area contributed by atoms with Gasteiger partial charge < -0.3 is 9.47 Å². The number of carbonyl (C=O) groups is 2. The molecule has 0 heterocycles. The highest BCUT2D eigenvalue weighted by molar-refractivity contribution is 5.94. The van der Waals surface area contributed by atoms with E-state index in [1.165, 1.54) is 0 Å². The van der Waals surface area contributed by atoms with Crippen LogP contribution >= 0.6 is 0 Å². The molecule has 0 atom stereocenters. The smallest absolute Gasteiger partial charge is 0.346 e. The average molecular weight is 530 g/mol. The third-order valence-corrected chi connectivity index (χ3v) is 4.97. The summed E-state index contributed by atoms with van der Waals surface area (Å²) >= 11 is 0. The van der Waals surface area contributed by atoms with Crippen LogP contribution in [-0.2, 0) is 0 Å². The summed E-state index contributed by atoms with van der Waals surface area (Å²) in [4.78, 5) is 24.2. The first-order valence-electron chi connectivity index (χ1n) is 9.73. The van der Waals surface area contributed by atoms with Crippen LogP contribution in [0.25, 0.3) is 10.8 Å². The molecule has 37 heavy (non-hydrogen) atoms. The van der Waals surface area contributed by atoms with Crippen molar-refractivity contribution in [1.29, 1.82) is 0 Å². The molecule has 0 spiro atoms. The molecule has 0 bridgehead atoms. The van der Waals surface area contributed by atoms with E-state index in [4.69, 9.17) is 0 Å². The predicted molar refractivity (Wildman–Crippen MR) is 106 cm³/mol. The lowest BCUT2D eigenvalue weighted by Crippen LogP contribution is -2.14. The highest BCUT2D eigenvalue weighted by Gasteiger charge is 2.26. The molecule has 0 N–H and O–H groups in total. The van der Waals surface area contributed by atoms with Crippen LogP contribution in [0.4, 0.5) is 39.5 Å². The van der Waals surface area contributed by atoms with Crippen molar-refractivity contribution in [3.63, 3.8) is 0 Å². The molecule has 190 valence electrons. The van der Waals surface area contributed by atoms with Crippen LogP contribution < -0.4 is 9.47 Å². The molecule has 13 heteroatoms. The number of esters is 2. The molecule has 0 fully saturated rings. The molecule has 0 radical (unpaired) electrons. The quantitative estimate of drug-likeness (QED) is 0.130. The Balaban J connectivity index is 1.68. The van der Waals surface area contributed by atoms with Gasteiger partial charge >= 0.3 is 11.9 Å². The Kier molecular flexibility index (Phi) is 6.55. The zero-order valence-electron chi connectivity index (χ0n) is 17.6. The van der Waals surface area contributed by atoms with E-state index in [2.05, 4.69) is 9.47 Å². The van der Waals surface area contributed by atoms with Gasteiger partial charge in [0, 0.05) is 0 Å². The minimum absolute atomic E-state index is 0.386. The van der Waals surface area contributed by atoms with Crippen LogP contribution in [0.15, 0.2) is 42.5 Å². The Morgan fingerprint density at radius 3 is 1.49 bits per heavy atom. The first-order chi connectivity index (χ1) is 17.4. The summed E-state index contributed by atoms with van der Waals surface area (Å²) in [5.74, 6) is -22.5. The largest absolute Gasteiger partial charge is 0.420 e. The van der Waals surface area contributed by atoms with E-state index in [1.807, 2.05) is 0 Å². The van der Waals surface area contributed by atoms with Gasteiger partial charge in [0.15, 0.2) is 58.0 Å². The molecule has 0 saturated carbocycles. The summed E-state index contributed by atoms with van der Waals surface area (Å²) in [5, 5.41) is -1.61. The van der Waals surface area contributed by atoms with Gasteiger partial charge in [-0.15, -0.1) is 0 Å².